The van der Waals surface area contributed by atoms with Crippen LogP contribution in [0.2, 0.25) is 0 Å². The maximum absolute atomic E-state index is 12.6. The van der Waals surface area contributed by atoms with Gasteiger partial charge in [0.2, 0.25) is 0 Å². The fourth-order valence-corrected chi connectivity index (χ4v) is 3.57. The molecule has 166 valence electrons. The fraction of sp³-hybridized carbons (Fsp3) is 0.154. The molecule has 0 atom stereocenters. The third-order valence-corrected chi connectivity index (χ3v) is 5.40. The predicted molar refractivity (Wildman–Crippen MR) is 128 cm³/mol. The molecular formula is C26H25N5O2. The van der Waals surface area contributed by atoms with E-state index in [1.807, 2.05) is 49.4 Å². The molecule has 7 nitrogen and oxygen atoms in total. The summed E-state index contributed by atoms with van der Waals surface area (Å²) in [6.07, 6.45) is 5.76. The molecule has 0 saturated carbocycles. The second kappa shape index (κ2) is 9.91. The Kier molecular flexibility index (Phi) is 6.59. The van der Waals surface area contributed by atoms with Crippen LogP contribution >= 0.6 is 0 Å². The number of anilines is 1. The Labute approximate surface area is 192 Å². The smallest absolute Gasteiger partial charge is 0.253 e. The van der Waals surface area contributed by atoms with Crippen LogP contribution < -0.4 is 16.6 Å². The Morgan fingerprint density at radius 2 is 1.79 bits per heavy atom. The number of nitrogens with two attached hydrogens (primary N) is 1. The quantitative estimate of drug-likeness (QED) is 0.461. The number of carbonyl (C=O) groups is 1. The largest absolute Gasteiger partial charge is 0.384 e. The Bertz CT molecular complexity index is 1330. The van der Waals surface area contributed by atoms with Crippen molar-refractivity contribution in [3.8, 4) is 0 Å². The van der Waals surface area contributed by atoms with Gasteiger partial charge in [0.1, 0.15) is 5.82 Å². The number of aryl methyl sites for hydroxylation is 1. The summed E-state index contributed by atoms with van der Waals surface area (Å²) in [5.74, 6) is 0.269. The zero-order valence-electron chi connectivity index (χ0n) is 18.4. The molecule has 1 aromatic carbocycles. The van der Waals surface area contributed by atoms with E-state index in [2.05, 4.69) is 15.3 Å². The van der Waals surface area contributed by atoms with Crippen molar-refractivity contribution in [2.45, 2.75) is 26.4 Å². The van der Waals surface area contributed by atoms with Crippen molar-refractivity contribution in [1.29, 1.82) is 0 Å². The van der Waals surface area contributed by atoms with E-state index in [0.29, 0.717) is 30.9 Å². The van der Waals surface area contributed by atoms with Crippen LogP contribution in [0.1, 0.15) is 38.3 Å². The molecule has 0 fully saturated rings. The molecule has 0 radical (unpaired) electrons. The molecule has 7 heteroatoms. The number of nitrogens with one attached hydrogen (secondary N) is 1. The summed E-state index contributed by atoms with van der Waals surface area (Å²) >= 11 is 0. The number of hydrogen-bond donors (Lipinski definition) is 2. The van der Waals surface area contributed by atoms with Crippen molar-refractivity contribution in [2.75, 3.05) is 5.73 Å². The summed E-state index contributed by atoms with van der Waals surface area (Å²) in [5.41, 5.74) is 11.0. The summed E-state index contributed by atoms with van der Waals surface area (Å²) in [6.45, 7) is 2.76. The molecule has 3 aromatic heterocycles. The van der Waals surface area contributed by atoms with Gasteiger partial charge in [-0.15, -0.1) is 0 Å². The van der Waals surface area contributed by atoms with Crippen molar-refractivity contribution in [3.05, 3.63) is 123 Å². The van der Waals surface area contributed by atoms with Gasteiger partial charge >= 0.3 is 0 Å². The molecule has 33 heavy (non-hydrogen) atoms. The van der Waals surface area contributed by atoms with Crippen LogP contribution in [0.15, 0.2) is 84.0 Å². The topological polar surface area (TPSA) is 103 Å². The standard InChI is InChI=1S/C26H25N5O2/c1-18-22(9-10-24(27)30-18)16-29-26(33)23-13-21(14-28-15-23)12-19-5-7-20(8-6-19)17-31-11-3-2-4-25(31)32/h2-11,13-15H,12,16-17H2,1H3,(H2,27,30)(H,29,33). The summed E-state index contributed by atoms with van der Waals surface area (Å²) in [5, 5.41) is 2.91. The van der Waals surface area contributed by atoms with E-state index in [0.717, 1.165) is 27.9 Å². The lowest BCUT2D eigenvalue weighted by atomic mass is 10.0. The fourth-order valence-electron chi connectivity index (χ4n) is 3.57. The van der Waals surface area contributed by atoms with Gasteiger partial charge in [-0.25, -0.2) is 4.98 Å². The highest BCUT2D eigenvalue weighted by Gasteiger charge is 2.09. The number of rotatable bonds is 7. The maximum atomic E-state index is 12.6. The second-order valence-electron chi connectivity index (χ2n) is 7.91. The molecule has 0 spiro atoms. The molecule has 0 unspecified atom stereocenters. The van der Waals surface area contributed by atoms with Crippen LogP contribution in [-0.2, 0) is 19.5 Å². The van der Waals surface area contributed by atoms with Crippen LogP contribution in [-0.4, -0.2) is 20.4 Å². The van der Waals surface area contributed by atoms with Crippen LogP contribution in [0.5, 0.6) is 0 Å². The summed E-state index contributed by atoms with van der Waals surface area (Å²) in [6, 6.07) is 18.7. The molecule has 0 saturated heterocycles. The Hall–Kier alpha value is -4.26. The number of nitrogens with zero attached hydrogens (tertiary/aromatic N) is 3. The van der Waals surface area contributed by atoms with Gasteiger partial charge in [0.15, 0.2) is 0 Å². The van der Waals surface area contributed by atoms with Crippen molar-refractivity contribution < 1.29 is 4.79 Å². The highest BCUT2D eigenvalue weighted by molar-refractivity contribution is 5.94. The van der Waals surface area contributed by atoms with E-state index >= 15 is 0 Å². The molecule has 4 aromatic rings. The normalized spacial score (nSPS) is 10.7. The molecule has 3 N–H and O–H groups in total. The molecule has 0 aliphatic carbocycles. The first-order valence-corrected chi connectivity index (χ1v) is 10.7. The lowest BCUT2D eigenvalue weighted by molar-refractivity contribution is 0.0950. The van der Waals surface area contributed by atoms with Gasteiger partial charge in [0.05, 0.1) is 12.1 Å². The third-order valence-electron chi connectivity index (χ3n) is 5.40. The molecule has 1 amide bonds. The van der Waals surface area contributed by atoms with Crippen LogP contribution in [0.3, 0.4) is 0 Å². The molecular weight excluding hydrogens is 414 g/mol. The maximum Gasteiger partial charge on any atom is 0.253 e. The van der Waals surface area contributed by atoms with Crippen LogP contribution in [0.25, 0.3) is 0 Å². The average Bonchev–Trinajstić information content (AvgIpc) is 2.81. The Morgan fingerprint density at radius 1 is 1.00 bits per heavy atom. The lowest BCUT2D eigenvalue weighted by Crippen LogP contribution is -2.23. The van der Waals surface area contributed by atoms with Crippen molar-refractivity contribution >= 4 is 11.7 Å². The number of carbonyl (C=O) groups excluding carboxylic acids is 1. The van der Waals surface area contributed by atoms with E-state index in [1.165, 1.54) is 0 Å². The number of pyridine rings is 3. The first kappa shape index (κ1) is 22.0. The minimum Gasteiger partial charge on any atom is -0.384 e. The summed E-state index contributed by atoms with van der Waals surface area (Å²) in [7, 11) is 0. The van der Waals surface area contributed by atoms with E-state index in [4.69, 9.17) is 5.73 Å². The number of aromatic nitrogens is 3. The first-order valence-electron chi connectivity index (χ1n) is 10.7. The van der Waals surface area contributed by atoms with E-state index in [9.17, 15) is 9.59 Å². The number of amides is 1. The van der Waals surface area contributed by atoms with Gasteiger partial charge in [0.25, 0.3) is 11.5 Å². The van der Waals surface area contributed by atoms with E-state index in [1.54, 1.807) is 41.4 Å². The zero-order chi connectivity index (χ0) is 23.2. The second-order valence-corrected chi connectivity index (χ2v) is 7.91. The van der Waals surface area contributed by atoms with Gasteiger partial charge in [-0.1, -0.05) is 36.4 Å². The van der Waals surface area contributed by atoms with Crippen LogP contribution in [0.4, 0.5) is 5.82 Å². The SMILES string of the molecule is Cc1nc(N)ccc1CNC(=O)c1cncc(Cc2ccc(Cn3ccccc3=O)cc2)c1. The highest BCUT2D eigenvalue weighted by atomic mass is 16.1. The third kappa shape index (κ3) is 5.71. The van der Waals surface area contributed by atoms with Gasteiger partial charge < -0.3 is 15.6 Å². The molecule has 0 bridgehead atoms. The average molecular weight is 440 g/mol. The minimum atomic E-state index is -0.191. The minimum absolute atomic E-state index is 0.0226. The Morgan fingerprint density at radius 3 is 2.55 bits per heavy atom. The number of nitrogen functional groups attached to an aromatic ring is 1. The van der Waals surface area contributed by atoms with Gasteiger partial charge in [-0.3, -0.25) is 14.6 Å². The number of benzene rings is 1. The molecule has 3 heterocycles. The van der Waals surface area contributed by atoms with E-state index < -0.39 is 0 Å². The molecule has 0 aliphatic rings. The van der Waals surface area contributed by atoms with Gasteiger partial charge in [0, 0.05) is 36.9 Å². The predicted octanol–water partition coefficient (Wildman–Crippen LogP) is 3.10. The molecule has 0 aliphatic heterocycles. The summed E-state index contributed by atoms with van der Waals surface area (Å²) in [4.78, 5) is 33.0. The van der Waals surface area contributed by atoms with Crippen molar-refractivity contribution in [2.24, 2.45) is 0 Å². The van der Waals surface area contributed by atoms with Crippen LogP contribution in [0, 0.1) is 6.92 Å². The first-order chi connectivity index (χ1) is 16.0. The zero-order valence-corrected chi connectivity index (χ0v) is 18.4. The van der Waals surface area contributed by atoms with Crippen molar-refractivity contribution in [1.82, 2.24) is 19.9 Å². The van der Waals surface area contributed by atoms with Gasteiger partial charge in [-0.2, -0.15) is 0 Å². The lowest BCUT2D eigenvalue weighted by Gasteiger charge is -2.09. The van der Waals surface area contributed by atoms with Gasteiger partial charge in [-0.05, 0) is 53.8 Å². The highest BCUT2D eigenvalue weighted by Crippen LogP contribution is 2.13. The van der Waals surface area contributed by atoms with E-state index in [-0.39, 0.29) is 11.5 Å². The number of hydrogen-bond acceptors (Lipinski definition) is 5. The van der Waals surface area contributed by atoms with Crippen molar-refractivity contribution in [3.63, 3.8) is 0 Å². The summed E-state index contributed by atoms with van der Waals surface area (Å²) < 4.78 is 1.67. The Balaban J connectivity index is 1.38. The molecule has 4 rings (SSSR count). The monoisotopic (exact) mass is 439 g/mol.